The van der Waals surface area contributed by atoms with Crippen molar-refractivity contribution in [1.29, 1.82) is 0 Å². The summed E-state index contributed by atoms with van der Waals surface area (Å²) in [5, 5.41) is 14.6. The van der Waals surface area contributed by atoms with Crippen molar-refractivity contribution in [2.24, 2.45) is 5.92 Å². The number of carbonyl (C=O) groups excluding carboxylic acids is 2. The molecule has 0 radical (unpaired) electrons. The number of anilines is 1. The monoisotopic (exact) mass is 294 g/mol. The van der Waals surface area contributed by atoms with Crippen LogP contribution in [0.1, 0.15) is 60.3 Å². The Balaban J connectivity index is 2.28. The predicted molar refractivity (Wildman–Crippen MR) is 78.0 cm³/mol. The fourth-order valence-corrected chi connectivity index (χ4v) is 3.89. The number of amides is 1. The highest BCUT2D eigenvalue weighted by Gasteiger charge is 2.21. The Morgan fingerprint density at radius 1 is 1.25 bits per heavy atom. The Bertz CT molecular complexity index is 519. The van der Waals surface area contributed by atoms with Crippen molar-refractivity contribution in [2.45, 2.75) is 52.4 Å². The van der Waals surface area contributed by atoms with Gasteiger partial charge in [-0.15, -0.1) is 11.3 Å². The van der Waals surface area contributed by atoms with Crippen LogP contribution in [-0.2, 0) is 17.6 Å². The van der Waals surface area contributed by atoms with Crippen LogP contribution in [0.4, 0.5) is 5.00 Å². The predicted octanol–water partition coefficient (Wildman–Crippen LogP) is 2.37. The standard InChI is InChI=1S/C15H21NO3S/c1-9(2)8-12(17)16-14-13(15(18)19)10-6-4-3-5-7-11(10)20-14/h9H,3-8H2,1-2H3,(H,16,17)(H,18,19)/p-1. The maximum atomic E-state index is 11.9. The lowest BCUT2D eigenvalue weighted by molar-refractivity contribution is -0.254. The molecule has 1 heterocycles. The molecule has 1 aliphatic carbocycles. The maximum Gasteiger partial charge on any atom is 0.225 e. The molecule has 0 atom stereocenters. The molecule has 1 aromatic heterocycles. The fourth-order valence-electron chi connectivity index (χ4n) is 2.60. The quantitative estimate of drug-likeness (QED) is 0.867. The van der Waals surface area contributed by atoms with Crippen molar-refractivity contribution < 1.29 is 14.7 Å². The number of fused-ring (bicyclic) bond motifs is 1. The molecule has 5 heteroatoms. The Kier molecular flexibility index (Phi) is 4.81. The number of hydrogen-bond acceptors (Lipinski definition) is 4. The van der Waals surface area contributed by atoms with Gasteiger partial charge in [-0.3, -0.25) is 4.79 Å². The Morgan fingerprint density at radius 2 is 1.95 bits per heavy atom. The number of rotatable bonds is 4. The molecule has 1 amide bonds. The Labute approximate surface area is 123 Å². The van der Waals surface area contributed by atoms with Crippen molar-refractivity contribution >= 4 is 28.2 Å². The van der Waals surface area contributed by atoms with Crippen LogP contribution >= 0.6 is 11.3 Å². The summed E-state index contributed by atoms with van der Waals surface area (Å²) < 4.78 is 0. The number of carboxylic acids is 1. The lowest BCUT2D eigenvalue weighted by atomic mass is 10.1. The van der Waals surface area contributed by atoms with Crippen LogP contribution in [-0.4, -0.2) is 11.9 Å². The zero-order chi connectivity index (χ0) is 14.7. The van der Waals surface area contributed by atoms with Crippen molar-refractivity contribution in [3.05, 3.63) is 16.0 Å². The molecule has 20 heavy (non-hydrogen) atoms. The maximum absolute atomic E-state index is 11.9. The van der Waals surface area contributed by atoms with Crippen molar-refractivity contribution in [1.82, 2.24) is 0 Å². The van der Waals surface area contributed by atoms with E-state index in [0.29, 0.717) is 11.4 Å². The van der Waals surface area contributed by atoms with Crippen molar-refractivity contribution in [3.63, 3.8) is 0 Å². The minimum absolute atomic E-state index is 0.126. The molecule has 2 rings (SSSR count). The second kappa shape index (κ2) is 6.39. The third-order valence-electron chi connectivity index (χ3n) is 3.47. The number of aryl methyl sites for hydroxylation is 1. The fraction of sp³-hybridized carbons (Fsp3) is 0.600. The summed E-state index contributed by atoms with van der Waals surface area (Å²) >= 11 is 1.41. The van der Waals surface area contributed by atoms with Gasteiger partial charge in [0, 0.05) is 16.9 Å². The van der Waals surface area contributed by atoms with E-state index in [-0.39, 0.29) is 17.4 Å². The number of aromatic carboxylic acids is 1. The average Bonchev–Trinajstić information content (AvgIpc) is 2.51. The summed E-state index contributed by atoms with van der Waals surface area (Å²) in [4.78, 5) is 24.4. The highest BCUT2D eigenvalue weighted by Crippen LogP contribution is 2.37. The van der Waals surface area contributed by atoms with Crippen molar-refractivity contribution in [3.8, 4) is 0 Å². The van der Waals surface area contributed by atoms with Gasteiger partial charge in [0.25, 0.3) is 0 Å². The van der Waals surface area contributed by atoms with Gasteiger partial charge >= 0.3 is 0 Å². The lowest BCUT2D eigenvalue weighted by Gasteiger charge is -2.10. The van der Waals surface area contributed by atoms with E-state index in [2.05, 4.69) is 5.32 Å². The molecule has 0 bridgehead atoms. The van der Waals surface area contributed by atoms with Crippen LogP contribution in [0.3, 0.4) is 0 Å². The molecule has 0 saturated carbocycles. The van der Waals surface area contributed by atoms with Crippen molar-refractivity contribution in [2.75, 3.05) is 5.32 Å². The first-order valence-electron chi connectivity index (χ1n) is 7.14. The Hall–Kier alpha value is -1.36. The van der Waals surface area contributed by atoms with Crippen LogP contribution < -0.4 is 10.4 Å². The van der Waals surface area contributed by atoms with Crippen LogP contribution in [0.25, 0.3) is 0 Å². The normalized spacial score (nSPS) is 14.8. The van der Waals surface area contributed by atoms with E-state index < -0.39 is 5.97 Å². The van der Waals surface area contributed by atoms with E-state index in [1.54, 1.807) is 0 Å². The number of hydrogen-bond donors (Lipinski definition) is 1. The van der Waals surface area contributed by atoms with E-state index in [1.165, 1.54) is 11.3 Å². The first-order chi connectivity index (χ1) is 9.49. The van der Waals surface area contributed by atoms with Gasteiger partial charge in [0.05, 0.1) is 5.97 Å². The summed E-state index contributed by atoms with van der Waals surface area (Å²) in [5.41, 5.74) is 1.09. The first kappa shape index (κ1) is 15.0. The molecule has 0 aliphatic heterocycles. The van der Waals surface area contributed by atoms with E-state index in [4.69, 9.17) is 0 Å². The van der Waals surface area contributed by atoms with Crippen LogP contribution in [0.15, 0.2) is 0 Å². The van der Waals surface area contributed by atoms with E-state index in [0.717, 1.165) is 42.5 Å². The zero-order valence-electron chi connectivity index (χ0n) is 12.0. The van der Waals surface area contributed by atoms with Crippen LogP contribution in [0.2, 0.25) is 0 Å². The second-order valence-electron chi connectivity index (χ2n) is 5.70. The highest BCUT2D eigenvalue weighted by molar-refractivity contribution is 7.17. The number of carbonyl (C=O) groups is 2. The molecule has 1 aliphatic rings. The highest BCUT2D eigenvalue weighted by atomic mass is 32.1. The zero-order valence-corrected chi connectivity index (χ0v) is 12.8. The molecule has 4 nitrogen and oxygen atoms in total. The van der Waals surface area contributed by atoms with Gasteiger partial charge in [0.1, 0.15) is 5.00 Å². The third-order valence-corrected chi connectivity index (χ3v) is 4.68. The Morgan fingerprint density at radius 3 is 2.60 bits per heavy atom. The molecule has 0 spiro atoms. The van der Waals surface area contributed by atoms with Gasteiger partial charge < -0.3 is 15.2 Å². The summed E-state index contributed by atoms with van der Waals surface area (Å²) in [7, 11) is 0. The lowest BCUT2D eigenvalue weighted by Crippen LogP contribution is -2.25. The molecular formula is C15H20NO3S-. The number of carboxylic acid groups (broad SMARTS) is 1. The van der Waals surface area contributed by atoms with Gasteiger partial charge in [-0.25, -0.2) is 0 Å². The van der Waals surface area contributed by atoms with E-state index in [1.807, 2.05) is 13.8 Å². The minimum atomic E-state index is -1.18. The van der Waals surface area contributed by atoms with E-state index in [9.17, 15) is 14.7 Å². The number of nitrogens with one attached hydrogen (secondary N) is 1. The SMILES string of the molecule is CC(C)CC(=O)Nc1sc2c(c1C(=O)[O-])CCCCC2. The van der Waals surface area contributed by atoms with Gasteiger partial charge in [-0.2, -0.15) is 0 Å². The summed E-state index contributed by atoms with van der Waals surface area (Å²) in [5.74, 6) is -1.05. The van der Waals surface area contributed by atoms with Gasteiger partial charge in [-0.1, -0.05) is 20.3 Å². The van der Waals surface area contributed by atoms with Crippen LogP contribution in [0.5, 0.6) is 0 Å². The topological polar surface area (TPSA) is 69.2 Å². The third kappa shape index (κ3) is 3.39. The molecule has 0 saturated heterocycles. The largest absolute Gasteiger partial charge is 0.545 e. The van der Waals surface area contributed by atoms with E-state index >= 15 is 0 Å². The summed E-state index contributed by atoms with van der Waals surface area (Å²) in [6.45, 7) is 3.92. The van der Waals surface area contributed by atoms with Gasteiger partial charge in [0.15, 0.2) is 0 Å². The molecule has 110 valence electrons. The smallest absolute Gasteiger partial charge is 0.225 e. The molecule has 1 aromatic rings. The van der Waals surface area contributed by atoms with Gasteiger partial charge in [0.2, 0.25) is 5.91 Å². The summed E-state index contributed by atoms with van der Waals surface area (Å²) in [6, 6.07) is 0. The molecule has 0 aromatic carbocycles. The van der Waals surface area contributed by atoms with Crippen LogP contribution in [0, 0.1) is 5.92 Å². The summed E-state index contributed by atoms with van der Waals surface area (Å²) in [6.07, 6.45) is 5.29. The molecule has 1 N–H and O–H groups in total. The molecular weight excluding hydrogens is 274 g/mol. The first-order valence-corrected chi connectivity index (χ1v) is 7.96. The second-order valence-corrected chi connectivity index (χ2v) is 6.81. The number of thiophene rings is 1. The molecule has 0 fully saturated rings. The average molecular weight is 294 g/mol. The minimum Gasteiger partial charge on any atom is -0.545 e. The van der Waals surface area contributed by atoms with Gasteiger partial charge in [-0.05, 0) is 37.2 Å². The molecule has 0 unspecified atom stereocenters.